The van der Waals surface area contributed by atoms with Gasteiger partial charge in [-0.2, -0.15) is 0 Å². The van der Waals surface area contributed by atoms with Crippen molar-refractivity contribution in [1.82, 2.24) is 0 Å². The molecule has 0 amide bonds. The summed E-state index contributed by atoms with van der Waals surface area (Å²) in [7, 11) is 1.64. The van der Waals surface area contributed by atoms with Crippen LogP contribution in [0.3, 0.4) is 0 Å². The van der Waals surface area contributed by atoms with Crippen molar-refractivity contribution < 1.29 is 18.6 Å². The Morgan fingerprint density at radius 2 is 2.00 bits per heavy atom. The van der Waals surface area contributed by atoms with Crippen LogP contribution in [0.4, 0.5) is 4.39 Å². The Labute approximate surface area is 114 Å². The van der Waals surface area contributed by atoms with Gasteiger partial charge in [0.05, 0.1) is 13.2 Å². The van der Waals surface area contributed by atoms with Gasteiger partial charge in [0.15, 0.2) is 0 Å². The van der Waals surface area contributed by atoms with Crippen molar-refractivity contribution in [3.8, 4) is 5.75 Å². The largest absolute Gasteiger partial charge is 0.488 e. The van der Waals surface area contributed by atoms with Crippen LogP contribution in [0.5, 0.6) is 5.75 Å². The molecular weight excluding hydrogens is 303 g/mol. The first-order valence-corrected chi connectivity index (χ1v) is 6.79. The van der Waals surface area contributed by atoms with Gasteiger partial charge in [0.25, 0.3) is 0 Å². The van der Waals surface area contributed by atoms with E-state index < -0.39 is 0 Å². The monoisotopic (exact) mass is 318 g/mol. The van der Waals surface area contributed by atoms with Gasteiger partial charge >= 0.3 is 0 Å². The normalized spacial score (nSPS) is 26.7. The molecule has 100 valence electrons. The predicted molar refractivity (Wildman–Crippen MR) is 69.8 cm³/mol. The van der Waals surface area contributed by atoms with E-state index in [0.717, 1.165) is 6.42 Å². The van der Waals surface area contributed by atoms with Crippen molar-refractivity contribution in [3.63, 3.8) is 0 Å². The summed E-state index contributed by atoms with van der Waals surface area (Å²) < 4.78 is 29.1. The molecule has 0 aromatic heterocycles. The summed E-state index contributed by atoms with van der Waals surface area (Å²) in [5.41, 5.74) is 0. The topological polar surface area (TPSA) is 27.7 Å². The Balaban J connectivity index is 1.83. The van der Waals surface area contributed by atoms with Gasteiger partial charge in [0, 0.05) is 18.4 Å². The van der Waals surface area contributed by atoms with Gasteiger partial charge < -0.3 is 14.2 Å². The number of halogens is 2. The lowest BCUT2D eigenvalue weighted by Gasteiger charge is -2.40. The van der Waals surface area contributed by atoms with Crippen molar-refractivity contribution in [3.05, 3.63) is 30.1 Å². The van der Waals surface area contributed by atoms with E-state index in [0.29, 0.717) is 23.8 Å². The molecule has 3 unspecified atom stereocenters. The van der Waals surface area contributed by atoms with E-state index >= 15 is 0 Å². The van der Waals surface area contributed by atoms with Gasteiger partial charge in [-0.15, -0.1) is 0 Å². The van der Waals surface area contributed by atoms with E-state index in [1.807, 2.05) is 0 Å². The van der Waals surface area contributed by atoms with E-state index in [-0.39, 0.29) is 18.0 Å². The fourth-order valence-corrected chi connectivity index (χ4v) is 2.67. The second kappa shape index (κ2) is 6.50. The number of benzene rings is 1. The van der Waals surface area contributed by atoms with Crippen molar-refractivity contribution in [2.75, 3.05) is 20.3 Å². The molecule has 18 heavy (non-hydrogen) atoms. The summed E-state index contributed by atoms with van der Waals surface area (Å²) >= 11 is 3.54. The molecule has 1 aliphatic carbocycles. The van der Waals surface area contributed by atoms with Gasteiger partial charge in [-0.1, -0.05) is 15.9 Å². The second-order valence-corrected chi connectivity index (χ2v) is 5.37. The number of hydrogen-bond acceptors (Lipinski definition) is 3. The molecule has 1 fully saturated rings. The Kier molecular flexibility index (Phi) is 4.97. The van der Waals surface area contributed by atoms with E-state index in [2.05, 4.69) is 15.9 Å². The molecule has 1 aliphatic rings. The zero-order valence-corrected chi connectivity index (χ0v) is 11.7. The van der Waals surface area contributed by atoms with Crippen LogP contribution >= 0.6 is 15.9 Å². The maximum atomic E-state index is 12.8. The smallest absolute Gasteiger partial charge is 0.127 e. The molecule has 0 bridgehead atoms. The molecule has 0 heterocycles. The summed E-state index contributed by atoms with van der Waals surface area (Å²) in [6.07, 6.45) is 0.913. The van der Waals surface area contributed by atoms with E-state index in [1.165, 1.54) is 12.1 Å². The highest BCUT2D eigenvalue weighted by molar-refractivity contribution is 9.09. The van der Waals surface area contributed by atoms with Crippen molar-refractivity contribution in [1.29, 1.82) is 0 Å². The molecule has 1 saturated carbocycles. The zero-order chi connectivity index (χ0) is 13.0. The molecule has 1 aromatic carbocycles. The first-order valence-electron chi connectivity index (χ1n) is 5.87. The zero-order valence-electron chi connectivity index (χ0n) is 10.1. The molecule has 3 atom stereocenters. The molecule has 0 saturated heterocycles. The minimum absolute atomic E-state index is 0.0108. The first-order chi connectivity index (χ1) is 8.70. The minimum atomic E-state index is -0.262. The first kappa shape index (κ1) is 13.8. The number of methoxy groups -OCH3 is 1. The Bertz CT molecular complexity index is 371. The van der Waals surface area contributed by atoms with Crippen LogP contribution < -0.4 is 4.74 Å². The van der Waals surface area contributed by atoms with Crippen LogP contribution in [0.2, 0.25) is 0 Å². The Morgan fingerprint density at radius 3 is 2.61 bits per heavy atom. The average Bonchev–Trinajstić information content (AvgIpc) is 2.36. The van der Waals surface area contributed by atoms with Crippen LogP contribution in [-0.2, 0) is 9.47 Å². The fraction of sp³-hybridized carbons (Fsp3) is 0.538. The number of rotatable bonds is 6. The number of ether oxygens (including phenoxy) is 3. The quantitative estimate of drug-likeness (QED) is 0.596. The minimum Gasteiger partial charge on any atom is -0.488 e. The van der Waals surface area contributed by atoms with Gasteiger partial charge in [0.1, 0.15) is 23.8 Å². The van der Waals surface area contributed by atoms with Crippen LogP contribution in [-0.4, -0.2) is 37.4 Å². The Morgan fingerprint density at radius 1 is 1.28 bits per heavy atom. The highest BCUT2D eigenvalue weighted by Gasteiger charge is 2.42. The molecule has 2 rings (SSSR count). The lowest BCUT2D eigenvalue weighted by atomic mass is 9.91. The van der Waals surface area contributed by atoms with Crippen molar-refractivity contribution >= 4 is 15.9 Å². The molecule has 0 N–H and O–H groups in total. The van der Waals surface area contributed by atoms with Gasteiger partial charge in [-0.25, -0.2) is 4.39 Å². The summed E-state index contributed by atoms with van der Waals surface area (Å²) in [4.78, 5) is 0.305. The molecule has 0 aliphatic heterocycles. The van der Waals surface area contributed by atoms with Crippen molar-refractivity contribution in [2.45, 2.75) is 23.5 Å². The third-order valence-corrected chi connectivity index (χ3v) is 3.77. The summed E-state index contributed by atoms with van der Waals surface area (Å²) in [5.74, 6) is 0.406. The molecular formula is C13H16BrFO3. The van der Waals surface area contributed by atoms with Gasteiger partial charge in [-0.3, -0.25) is 0 Å². The third kappa shape index (κ3) is 3.43. The number of hydrogen-bond donors (Lipinski definition) is 0. The molecule has 3 nitrogen and oxygen atoms in total. The second-order valence-electron chi connectivity index (χ2n) is 4.19. The summed E-state index contributed by atoms with van der Waals surface area (Å²) in [6.45, 7) is 1.12. The fourth-order valence-electron chi connectivity index (χ4n) is 1.81. The third-order valence-electron chi connectivity index (χ3n) is 2.88. The summed E-state index contributed by atoms with van der Waals surface area (Å²) in [5, 5.41) is 0. The average molecular weight is 319 g/mol. The maximum absolute atomic E-state index is 12.8. The van der Waals surface area contributed by atoms with Crippen LogP contribution in [0, 0.1) is 5.82 Å². The maximum Gasteiger partial charge on any atom is 0.127 e. The van der Waals surface area contributed by atoms with E-state index in [4.69, 9.17) is 14.2 Å². The van der Waals surface area contributed by atoms with Crippen LogP contribution in [0.25, 0.3) is 0 Å². The predicted octanol–water partition coefficient (Wildman–Crippen LogP) is 2.77. The van der Waals surface area contributed by atoms with Gasteiger partial charge in [0.2, 0.25) is 0 Å². The lowest BCUT2D eigenvalue weighted by molar-refractivity contribution is -0.0865. The van der Waals surface area contributed by atoms with Crippen LogP contribution in [0.1, 0.15) is 6.42 Å². The van der Waals surface area contributed by atoms with E-state index in [9.17, 15) is 4.39 Å². The molecule has 0 spiro atoms. The van der Waals surface area contributed by atoms with Crippen LogP contribution in [0.15, 0.2) is 24.3 Å². The van der Waals surface area contributed by atoms with E-state index in [1.54, 1.807) is 19.2 Å². The molecule has 5 heteroatoms. The number of alkyl halides is 1. The SMILES string of the molecule is COCCOC1C(Br)CC1Oc1ccc(F)cc1. The standard InChI is InChI=1S/C13H16BrFO3/c1-16-6-7-17-13-11(14)8-12(13)18-10-4-2-9(15)3-5-10/h2-5,11-13H,6-8H2,1H3. The molecule has 1 aromatic rings. The lowest BCUT2D eigenvalue weighted by Crippen LogP contribution is -2.52. The van der Waals surface area contributed by atoms with Gasteiger partial charge in [-0.05, 0) is 24.3 Å². The Hall–Kier alpha value is -0.650. The highest BCUT2D eigenvalue weighted by Crippen LogP contribution is 2.34. The highest BCUT2D eigenvalue weighted by atomic mass is 79.9. The van der Waals surface area contributed by atoms with Crippen molar-refractivity contribution in [2.24, 2.45) is 0 Å². The summed E-state index contributed by atoms with van der Waals surface area (Å²) in [6, 6.07) is 6.03. The molecule has 0 radical (unpaired) electrons.